The van der Waals surface area contributed by atoms with Crippen molar-refractivity contribution in [1.82, 2.24) is 19.9 Å². The number of nitrogens with zero attached hydrogens (tertiary/aromatic N) is 3. The molecule has 2 atom stereocenters. The number of amides is 1. The van der Waals surface area contributed by atoms with Gasteiger partial charge in [-0.2, -0.15) is 0 Å². The van der Waals surface area contributed by atoms with Gasteiger partial charge in [0.15, 0.2) is 0 Å². The smallest absolute Gasteiger partial charge is 0.261 e. The molecular formula is C22H24N4O3. The van der Waals surface area contributed by atoms with Gasteiger partial charge in [-0.25, -0.2) is 4.98 Å². The molecule has 29 heavy (non-hydrogen) atoms. The second-order valence-corrected chi connectivity index (χ2v) is 7.39. The van der Waals surface area contributed by atoms with Crippen molar-refractivity contribution in [3.8, 4) is 0 Å². The number of rotatable bonds is 7. The number of aryl methyl sites for hydroxylation is 1. The standard InChI is InChI=1S/C22H24N4O3/c27-21(25-20-14-29-13-17(20)12-16-7-9-23-10-8-16)6-3-11-26-15-24-19-5-2-1-4-18(19)22(26)28/h1-2,4-5,7-10,15,17,20H,3,6,11-14H2,(H,25,27)/t17-,20-/m1/s1. The van der Waals surface area contributed by atoms with Crippen LogP contribution in [-0.2, 0) is 22.5 Å². The van der Waals surface area contributed by atoms with E-state index in [9.17, 15) is 9.59 Å². The zero-order valence-corrected chi connectivity index (χ0v) is 16.2. The maximum absolute atomic E-state index is 12.5. The van der Waals surface area contributed by atoms with Gasteiger partial charge in [-0.15, -0.1) is 0 Å². The molecule has 0 unspecified atom stereocenters. The molecule has 3 heterocycles. The average molecular weight is 392 g/mol. The Balaban J connectivity index is 1.29. The molecule has 1 N–H and O–H groups in total. The van der Waals surface area contributed by atoms with E-state index in [0.29, 0.717) is 43.5 Å². The third-order valence-electron chi connectivity index (χ3n) is 5.33. The molecule has 0 radical (unpaired) electrons. The minimum Gasteiger partial charge on any atom is -0.379 e. The van der Waals surface area contributed by atoms with Crippen LogP contribution in [0.1, 0.15) is 18.4 Å². The first-order chi connectivity index (χ1) is 14.2. The third-order valence-corrected chi connectivity index (χ3v) is 5.33. The van der Waals surface area contributed by atoms with Gasteiger partial charge in [0.05, 0.1) is 36.5 Å². The van der Waals surface area contributed by atoms with E-state index in [1.54, 1.807) is 29.4 Å². The van der Waals surface area contributed by atoms with E-state index in [1.165, 1.54) is 5.56 Å². The molecule has 1 fully saturated rings. The van der Waals surface area contributed by atoms with Crippen LogP contribution >= 0.6 is 0 Å². The molecule has 1 saturated heterocycles. The number of carbonyl (C=O) groups excluding carboxylic acids is 1. The number of pyridine rings is 1. The molecule has 0 aliphatic carbocycles. The quantitative estimate of drug-likeness (QED) is 0.664. The summed E-state index contributed by atoms with van der Waals surface area (Å²) < 4.78 is 7.16. The molecule has 7 heteroatoms. The molecule has 3 aromatic rings. The first-order valence-corrected chi connectivity index (χ1v) is 9.91. The number of hydrogen-bond donors (Lipinski definition) is 1. The molecule has 0 bridgehead atoms. The molecular weight excluding hydrogens is 368 g/mol. The molecule has 0 spiro atoms. The highest BCUT2D eigenvalue weighted by Crippen LogP contribution is 2.19. The number of fused-ring (bicyclic) bond motifs is 1. The van der Waals surface area contributed by atoms with E-state index in [0.717, 1.165) is 6.42 Å². The zero-order valence-electron chi connectivity index (χ0n) is 16.2. The lowest BCUT2D eigenvalue weighted by molar-refractivity contribution is -0.122. The van der Waals surface area contributed by atoms with Crippen LogP contribution in [0.3, 0.4) is 0 Å². The van der Waals surface area contributed by atoms with Gasteiger partial charge in [0.25, 0.3) is 5.56 Å². The van der Waals surface area contributed by atoms with Crippen molar-refractivity contribution in [3.63, 3.8) is 0 Å². The summed E-state index contributed by atoms with van der Waals surface area (Å²) in [5.74, 6) is 0.246. The lowest BCUT2D eigenvalue weighted by Crippen LogP contribution is -2.40. The van der Waals surface area contributed by atoms with Gasteiger partial charge < -0.3 is 10.1 Å². The normalized spacial score (nSPS) is 18.8. The largest absolute Gasteiger partial charge is 0.379 e. The minimum atomic E-state index is -0.0717. The van der Waals surface area contributed by atoms with E-state index in [-0.39, 0.29) is 23.4 Å². The molecule has 1 aliphatic heterocycles. The Hall–Kier alpha value is -3.06. The predicted molar refractivity (Wildman–Crippen MR) is 109 cm³/mol. The summed E-state index contributed by atoms with van der Waals surface area (Å²) in [6.45, 7) is 1.65. The third kappa shape index (κ3) is 4.68. The van der Waals surface area contributed by atoms with Crippen molar-refractivity contribution in [2.24, 2.45) is 5.92 Å². The van der Waals surface area contributed by atoms with E-state index < -0.39 is 0 Å². The van der Waals surface area contributed by atoms with Gasteiger partial charge in [0.2, 0.25) is 5.91 Å². The molecule has 0 saturated carbocycles. The summed E-state index contributed by atoms with van der Waals surface area (Å²) in [5.41, 5.74) is 1.81. The molecule has 150 valence electrons. The van der Waals surface area contributed by atoms with Crippen molar-refractivity contribution in [3.05, 3.63) is 71.0 Å². The fraction of sp³-hybridized carbons (Fsp3) is 0.364. The molecule has 1 aromatic carbocycles. The summed E-state index contributed by atoms with van der Waals surface area (Å²) in [7, 11) is 0. The van der Waals surface area contributed by atoms with Crippen molar-refractivity contribution in [2.75, 3.05) is 13.2 Å². The average Bonchev–Trinajstić information content (AvgIpc) is 3.17. The highest BCUT2D eigenvalue weighted by atomic mass is 16.5. The second-order valence-electron chi connectivity index (χ2n) is 7.39. The Morgan fingerprint density at radius 2 is 2.00 bits per heavy atom. The maximum atomic E-state index is 12.5. The Morgan fingerprint density at radius 3 is 2.86 bits per heavy atom. The fourth-order valence-electron chi connectivity index (χ4n) is 3.74. The SMILES string of the molecule is O=C(CCCn1cnc2ccccc2c1=O)N[C@@H]1COC[C@H]1Cc1ccncc1. The molecule has 1 aliphatic rings. The summed E-state index contributed by atoms with van der Waals surface area (Å²) in [6, 6.07) is 11.3. The summed E-state index contributed by atoms with van der Waals surface area (Å²) in [5, 5.41) is 3.70. The Kier molecular flexibility index (Phi) is 5.95. The van der Waals surface area contributed by atoms with Crippen LogP contribution in [0.15, 0.2) is 59.9 Å². The Labute approximate surface area is 168 Å². The van der Waals surface area contributed by atoms with Crippen LogP contribution in [0.4, 0.5) is 0 Å². The Bertz CT molecular complexity index is 1030. The van der Waals surface area contributed by atoms with Crippen LogP contribution in [0, 0.1) is 5.92 Å². The van der Waals surface area contributed by atoms with Crippen molar-refractivity contribution in [1.29, 1.82) is 0 Å². The van der Waals surface area contributed by atoms with Crippen LogP contribution in [0.5, 0.6) is 0 Å². The lowest BCUT2D eigenvalue weighted by atomic mass is 9.95. The van der Waals surface area contributed by atoms with Gasteiger partial charge >= 0.3 is 0 Å². The van der Waals surface area contributed by atoms with E-state index in [2.05, 4.69) is 15.3 Å². The van der Waals surface area contributed by atoms with E-state index >= 15 is 0 Å². The maximum Gasteiger partial charge on any atom is 0.261 e. The predicted octanol–water partition coefficient (Wildman–Crippen LogP) is 1.95. The highest BCUT2D eigenvalue weighted by molar-refractivity contribution is 5.77. The first-order valence-electron chi connectivity index (χ1n) is 9.91. The molecule has 2 aromatic heterocycles. The van der Waals surface area contributed by atoms with Crippen LogP contribution in [0.25, 0.3) is 10.9 Å². The van der Waals surface area contributed by atoms with Crippen molar-refractivity contribution < 1.29 is 9.53 Å². The van der Waals surface area contributed by atoms with Gasteiger partial charge in [-0.1, -0.05) is 12.1 Å². The van der Waals surface area contributed by atoms with E-state index in [4.69, 9.17) is 4.74 Å². The van der Waals surface area contributed by atoms with Gasteiger partial charge in [-0.3, -0.25) is 19.1 Å². The monoisotopic (exact) mass is 392 g/mol. The second kappa shape index (κ2) is 8.96. The summed E-state index contributed by atoms with van der Waals surface area (Å²) >= 11 is 0. The first kappa shape index (κ1) is 19.3. The number of nitrogens with one attached hydrogen (secondary N) is 1. The van der Waals surface area contributed by atoms with Gasteiger partial charge in [-0.05, 0) is 42.7 Å². The Morgan fingerprint density at radius 1 is 1.17 bits per heavy atom. The summed E-state index contributed by atoms with van der Waals surface area (Å²) in [6.07, 6.45) is 6.90. The molecule has 1 amide bonds. The summed E-state index contributed by atoms with van der Waals surface area (Å²) in [4.78, 5) is 33.3. The van der Waals surface area contributed by atoms with Crippen molar-refractivity contribution >= 4 is 16.8 Å². The zero-order chi connectivity index (χ0) is 20.1. The lowest BCUT2D eigenvalue weighted by Gasteiger charge is -2.19. The molecule has 7 nitrogen and oxygen atoms in total. The van der Waals surface area contributed by atoms with Crippen LogP contribution in [-0.4, -0.2) is 39.7 Å². The number of aromatic nitrogens is 3. The number of hydrogen-bond acceptors (Lipinski definition) is 5. The van der Waals surface area contributed by atoms with Crippen LogP contribution < -0.4 is 10.9 Å². The minimum absolute atomic E-state index is 0.0120. The van der Waals surface area contributed by atoms with E-state index in [1.807, 2.05) is 30.3 Å². The fourth-order valence-corrected chi connectivity index (χ4v) is 3.74. The molecule has 4 rings (SSSR count). The highest BCUT2D eigenvalue weighted by Gasteiger charge is 2.29. The number of carbonyl (C=O) groups is 1. The number of ether oxygens (including phenoxy) is 1. The topological polar surface area (TPSA) is 86.1 Å². The van der Waals surface area contributed by atoms with Crippen LogP contribution in [0.2, 0.25) is 0 Å². The van der Waals surface area contributed by atoms with Gasteiger partial charge in [0.1, 0.15) is 0 Å². The van der Waals surface area contributed by atoms with Gasteiger partial charge in [0, 0.05) is 31.3 Å². The number of para-hydroxylation sites is 1. The van der Waals surface area contributed by atoms with Crippen molar-refractivity contribution in [2.45, 2.75) is 31.8 Å². The number of benzene rings is 1.